The van der Waals surface area contributed by atoms with Crippen LogP contribution < -0.4 is 14.5 Å². The molecule has 1 amide bonds. The molecule has 3 fully saturated rings. The average Bonchev–Trinajstić information content (AvgIpc) is 3.70. The number of amides is 1. The van der Waals surface area contributed by atoms with Gasteiger partial charge in [-0.05, 0) is 63.6 Å². The van der Waals surface area contributed by atoms with Crippen LogP contribution in [0.1, 0.15) is 55.9 Å². The van der Waals surface area contributed by atoms with Gasteiger partial charge >= 0.3 is 0 Å². The van der Waals surface area contributed by atoms with Gasteiger partial charge in [0, 0.05) is 50.0 Å². The van der Waals surface area contributed by atoms with Gasteiger partial charge in [0.2, 0.25) is 5.95 Å². The largest absolute Gasteiger partial charge is 0.497 e. The van der Waals surface area contributed by atoms with Crippen LogP contribution in [0, 0.1) is 5.82 Å². The summed E-state index contributed by atoms with van der Waals surface area (Å²) in [7, 11) is 1.53. The summed E-state index contributed by atoms with van der Waals surface area (Å²) in [6.07, 6.45) is 6.63. The molecule has 188 valence electrons. The Balaban J connectivity index is 1.29. The van der Waals surface area contributed by atoms with E-state index in [-0.39, 0.29) is 36.0 Å². The second-order valence-corrected chi connectivity index (χ2v) is 9.95. The molecule has 5 rings (SSSR count). The molecule has 9 heteroatoms. The number of aliphatic hydroxyl groups is 1. The van der Waals surface area contributed by atoms with E-state index >= 15 is 0 Å². The Hall–Kier alpha value is -2.94. The summed E-state index contributed by atoms with van der Waals surface area (Å²) in [6, 6.07) is 7.11. The summed E-state index contributed by atoms with van der Waals surface area (Å²) in [4.78, 5) is 28.8. The predicted molar refractivity (Wildman–Crippen MR) is 131 cm³/mol. The molecule has 2 heterocycles. The maximum atomic E-state index is 14.6. The quantitative estimate of drug-likeness (QED) is 0.675. The third-order valence-corrected chi connectivity index (χ3v) is 7.48. The molecule has 2 saturated carbocycles. The number of carbonyl (C=O) groups excluding carboxylic acids is 1. The summed E-state index contributed by atoms with van der Waals surface area (Å²) < 4.78 is 19.7. The minimum absolute atomic E-state index is 0.0370. The van der Waals surface area contributed by atoms with E-state index in [0.29, 0.717) is 42.7 Å². The fraction of sp³-hybridized carbons (Fsp3) is 0.577. The minimum atomic E-state index is -0.302. The second-order valence-electron chi connectivity index (χ2n) is 9.95. The fourth-order valence-electron chi connectivity index (χ4n) is 5.40. The zero-order chi connectivity index (χ0) is 24.5. The van der Waals surface area contributed by atoms with E-state index in [1.165, 1.54) is 13.2 Å². The molecular weight excluding hydrogens is 449 g/mol. The number of carbonyl (C=O) groups is 1. The van der Waals surface area contributed by atoms with E-state index < -0.39 is 0 Å². The molecule has 1 aliphatic heterocycles. The van der Waals surface area contributed by atoms with Crippen molar-refractivity contribution >= 4 is 17.5 Å². The van der Waals surface area contributed by atoms with Gasteiger partial charge in [-0.1, -0.05) is 0 Å². The molecule has 0 spiro atoms. The molecule has 1 saturated heterocycles. The molecule has 0 bridgehead atoms. The number of benzene rings is 1. The Morgan fingerprint density at radius 3 is 2.46 bits per heavy atom. The van der Waals surface area contributed by atoms with Crippen LogP contribution in [-0.2, 0) is 0 Å². The number of rotatable bonds is 6. The van der Waals surface area contributed by atoms with E-state index in [1.807, 2.05) is 9.80 Å². The minimum Gasteiger partial charge on any atom is -0.497 e. The highest BCUT2D eigenvalue weighted by atomic mass is 19.1. The van der Waals surface area contributed by atoms with Crippen molar-refractivity contribution < 1.29 is 19.0 Å². The van der Waals surface area contributed by atoms with E-state index in [1.54, 1.807) is 24.4 Å². The van der Waals surface area contributed by atoms with Crippen LogP contribution in [-0.4, -0.2) is 76.9 Å². The van der Waals surface area contributed by atoms with E-state index in [0.717, 1.165) is 38.5 Å². The highest BCUT2D eigenvalue weighted by Crippen LogP contribution is 2.35. The van der Waals surface area contributed by atoms with Gasteiger partial charge in [-0.25, -0.2) is 14.4 Å². The van der Waals surface area contributed by atoms with Crippen LogP contribution in [0.5, 0.6) is 5.75 Å². The monoisotopic (exact) mass is 483 g/mol. The Kier molecular flexibility index (Phi) is 6.77. The lowest BCUT2D eigenvalue weighted by molar-refractivity contribution is 0.0470. The topological polar surface area (TPSA) is 82.0 Å². The van der Waals surface area contributed by atoms with Crippen LogP contribution in [0.4, 0.5) is 16.0 Å². The number of aromatic nitrogens is 2. The highest BCUT2D eigenvalue weighted by Gasteiger charge is 2.39. The van der Waals surface area contributed by atoms with Gasteiger partial charge in [0.25, 0.3) is 5.91 Å². The number of hydrogen-bond donors (Lipinski definition) is 1. The Labute approximate surface area is 205 Å². The smallest absolute Gasteiger partial charge is 0.273 e. The van der Waals surface area contributed by atoms with Crippen molar-refractivity contribution in [3.8, 4) is 5.75 Å². The number of ether oxygens (including phenoxy) is 1. The number of aliphatic hydroxyl groups excluding tert-OH is 1. The van der Waals surface area contributed by atoms with Crippen molar-refractivity contribution in [3.05, 3.63) is 42.0 Å². The number of halogens is 1. The number of nitrogens with zero attached hydrogens (tertiary/aromatic N) is 5. The summed E-state index contributed by atoms with van der Waals surface area (Å²) in [5.41, 5.74) is 0.976. The van der Waals surface area contributed by atoms with Gasteiger partial charge in [-0.15, -0.1) is 0 Å². The van der Waals surface area contributed by atoms with Crippen LogP contribution in [0.3, 0.4) is 0 Å². The maximum Gasteiger partial charge on any atom is 0.273 e. The first-order valence-electron chi connectivity index (χ1n) is 12.6. The normalized spacial score (nSPS) is 24.9. The summed E-state index contributed by atoms with van der Waals surface area (Å²) in [6.45, 7) is 3.92. The Bertz CT molecular complexity index is 1060. The molecule has 35 heavy (non-hydrogen) atoms. The Morgan fingerprint density at radius 1 is 1.11 bits per heavy atom. The lowest BCUT2D eigenvalue weighted by Crippen LogP contribution is -2.53. The zero-order valence-corrected chi connectivity index (χ0v) is 20.4. The van der Waals surface area contributed by atoms with Crippen molar-refractivity contribution in [1.29, 1.82) is 0 Å². The first-order chi connectivity index (χ1) is 16.9. The van der Waals surface area contributed by atoms with E-state index in [4.69, 9.17) is 9.72 Å². The van der Waals surface area contributed by atoms with Crippen LogP contribution in [0.2, 0.25) is 0 Å². The number of methoxy groups -OCH3 is 1. The number of piperazine rings is 1. The lowest BCUT2D eigenvalue weighted by Gasteiger charge is -2.41. The Morgan fingerprint density at radius 2 is 1.83 bits per heavy atom. The molecule has 0 unspecified atom stereocenters. The highest BCUT2D eigenvalue weighted by molar-refractivity contribution is 5.93. The lowest BCUT2D eigenvalue weighted by atomic mass is 9.91. The van der Waals surface area contributed by atoms with Crippen molar-refractivity contribution in [1.82, 2.24) is 14.9 Å². The summed E-state index contributed by atoms with van der Waals surface area (Å²) >= 11 is 0. The number of hydrogen-bond acceptors (Lipinski definition) is 7. The van der Waals surface area contributed by atoms with Crippen molar-refractivity contribution in [2.24, 2.45) is 0 Å². The van der Waals surface area contributed by atoms with Gasteiger partial charge in [0.1, 0.15) is 17.3 Å². The molecular formula is C26H34FN5O3. The third-order valence-electron chi connectivity index (χ3n) is 7.48. The first-order valence-corrected chi connectivity index (χ1v) is 12.6. The summed E-state index contributed by atoms with van der Waals surface area (Å²) in [5.74, 6) is 0.693. The molecule has 2 aliphatic carbocycles. The molecule has 2 aromatic rings. The third kappa shape index (κ3) is 5.05. The second kappa shape index (κ2) is 9.97. The van der Waals surface area contributed by atoms with Crippen LogP contribution in [0.25, 0.3) is 0 Å². The fourth-order valence-corrected chi connectivity index (χ4v) is 5.40. The first kappa shape index (κ1) is 23.8. The predicted octanol–water partition coefficient (Wildman–Crippen LogP) is 3.25. The van der Waals surface area contributed by atoms with Crippen molar-refractivity contribution in [2.45, 2.75) is 69.7 Å². The van der Waals surface area contributed by atoms with Crippen molar-refractivity contribution in [2.75, 3.05) is 36.5 Å². The molecule has 1 aromatic heterocycles. The van der Waals surface area contributed by atoms with Crippen LogP contribution >= 0.6 is 0 Å². The molecule has 1 aromatic carbocycles. The molecule has 0 radical (unpaired) electrons. The molecule has 1 N–H and O–H groups in total. The average molecular weight is 484 g/mol. The SMILES string of the molecule is COc1ccc(N2CCN(c3nccc(C(=O)N(C4CCC(O)CC4)C4CC4)n3)[C@H](C)C2)c(F)c1. The molecule has 3 aliphatic rings. The van der Waals surface area contributed by atoms with Crippen LogP contribution in [0.15, 0.2) is 30.5 Å². The van der Waals surface area contributed by atoms with E-state index in [2.05, 4.69) is 16.8 Å². The van der Waals surface area contributed by atoms with Gasteiger partial charge in [0.15, 0.2) is 0 Å². The van der Waals surface area contributed by atoms with Gasteiger partial charge in [-0.3, -0.25) is 4.79 Å². The number of anilines is 2. The zero-order valence-electron chi connectivity index (χ0n) is 20.4. The molecule has 8 nitrogen and oxygen atoms in total. The van der Waals surface area contributed by atoms with E-state index in [9.17, 15) is 14.3 Å². The van der Waals surface area contributed by atoms with Gasteiger partial charge < -0.3 is 24.5 Å². The summed E-state index contributed by atoms with van der Waals surface area (Å²) in [5, 5.41) is 9.89. The molecule has 1 atom stereocenters. The standard InChI is InChI=1S/C26H34FN5O3/c1-17-16-30(24-10-9-21(35-2)15-22(24)27)13-14-31(17)26-28-12-11-23(29-26)25(34)32(18-3-4-18)19-5-7-20(33)8-6-19/h9-12,15,17-20,33H,3-8,13-14,16H2,1-2H3/t17-,19?,20?/m1/s1. The maximum absolute atomic E-state index is 14.6. The van der Waals surface area contributed by atoms with Crippen molar-refractivity contribution in [3.63, 3.8) is 0 Å². The van der Waals surface area contributed by atoms with Gasteiger partial charge in [0.05, 0.1) is 18.9 Å². The van der Waals surface area contributed by atoms with Gasteiger partial charge in [-0.2, -0.15) is 0 Å².